The largest absolute Gasteiger partial charge is 0.444 e. The number of benzene rings is 1. The first-order valence-electron chi connectivity index (χ1n) is 9.31. The summed E-state index contributed by atoms with van der Waals surface area (Å²) in [4.78, 5) is 14.3. The van der Waals surface area contributed by atoms with Crippen LogP contribution in [0.4, 0.5) is 4.79 Å². The van der Waals surface area contributed by atoms with Gasteiger partial charge in [0.25, 0.3) is 0 Å². The molecule has 0 bridgehead atoms. The highest BCUT2D eigenvalue weighted by molar-refractivity contribution is 7.90. The first-order valence-corrected chi connectivity index (χ1v) is 11.2. The van der Waals surface area contributed by atoms with E-state index in [9.17, 15) is 13.2 Å². The van der Waals surface area contributed by atoms with Crippen molar-refractivity contribution in [2.75, 3.05) is 19.3 Å². The van der Waals surface area contributed by atoms with E-state index in [1.165, 1.54) is 11.8 Å². The Hall–Kier alpha value is -1.56. The molecule has 1 heterocycles. The van der Waals surface area contributed by atoms with Gasteiger partial charge in [0.1, 0.15) is 5.60 Å². The average Bonchev–Trinajstić information content (AvgIpc) is 2.53. The Morgan fingerprint density at radius 1 is 1.15 bits per heavy atom. The van der Waals surface area contributed by atoms with Crippen molar-refractivity contribution in [3.63, 3.8) is 0 Å². The SMILES string of the molecule is CC(C)(C)OC(=O)N1CCC(CCCc2ccc(S(C)(=O)=O)cc2)CC1. The highest BCUT2D eigenvalue weighted by Gasteiger charge is 2.26. The first-order chi connectivity index (χ1) is 12.0. The molecule has 1 aliphatic rings. The second kappa shape index (κ2) is 8.42. The summed E-state index contributed by atoms with van der Waals surface area (Å²) in [6, 6.07) is 7.18. The lowest BCUT2D eigenvalue weighted by atomic mass is 9.91. The zero-order chi connectivity index (χ0) is 19.4. The number of ether oxygens (including phenoxy) is 1. The fourth-order valence-corrected chi connectivity index (χ4v) is 3.86. The minimum Gasteiger partial charge on any atom is -0.444 e. The Morgan fingerprint density at radius 3 is 2.23 bits per heavy atom. The zero-order valence-electron chi connectivity index (χ0n) is 16.3. The number of piperidine rings is 1. The lowest BCUT2D eigenvalue weighted by Crippen LogP contribution is -2.41. The molecule has 1 saturated heterocycles. The average molecular weight is 382 g/mol. The van der Waals surface area contributed by atoms with Gasteiger partial charge in [-0.15, -0.1) is 0 Å². The van der Waals surface area contributed by atoms with Crippen LogP contribution in [0.5, 0.6) is 0 Å². The Morgan fingerprint density at radius 2 is 1.73 bits per heavy atom. The van der Waals surface area contributed by atoms with Crippen molar-refractivity contribution in [3.05, 3.63) is 29.8 Å². The van der Waals surface area contributed by atoms with Gasteiger partial charge in [0.05, 0.1) is 4.90 Å². The number of hydrogen-bond donors (Lipinski definition) is 0. The number of carbonyl (C=O) groups is 1. The standard InChI is InChI=1S/C20H31NO4S/c1-20(2,3)25-19(22)21-14-12-17(13-15-21)7-5-6-16-8-10-18(11-9-16)26(4,23)24/h8-11,17H,5-7,12-15H2,1-4H3. The predicted octanol–water partition coefficient (Wildman–Crippen LogP) is 4.06. The van der Waals surface area contributed by atoms with Crippen LogP contribution in [0.2, 0.25) is 0 Å². The van der Waals surface area contributed by atoms with Gasteiger partial charge in [-0.25, -0.2) is 13.2 Å². The molecule has 5 nitrogen and oxygen atoms in total. The maximum Gasteiger partial charge on any atom is 0.410 e. The van der Waals surface area contributed by atoms with Crippen LogP contribution in [-0.2, 0) is 21.0 Å². The summed E-state index contributed by atoms with van der Waals surface area (Å²) in [6.07, 6.45) is 6.23. The number of nitrogens with zero attached hydrogens (tertiary/aromatic N) is 1. The van der Waals surface area contributed by atoms with E-state index in [-0.39, 0.29) is 6.09 Å². The molecule has 0 saturated carbocycles. The topological polar surface area (TPSA) is 63.7 Å². The predicted molar refractivity (Wildman–Crippen MR) is 103 cm³/mol. The third kappa shape index (κ3) is 6.63. The van der Waals surface area contributed by atoms with Crippen LogP contribution >= 0.6 is 0 Å². The number of likely N-dealkylation sites (tertiary alicyclic amines) is 1. The quantitative estimate of drug-likeness (QED) is 0.771. The van der Waals surface area contributed by atoms with Gasteiger partial charge in [-0.3, -0.25) is 0 Å². The lowest BCUT2D eigenvalue weighted by molar-refractivity contribution is 0.0180. The molecule has 1 amide bonds. The van der Waals surface area contributed by atoms with Crippen LogP contribution in [0.1, 0.15) is 52.0 Å². The summed E-state index contributed by atoms with van der Waals surface area (Å²) in [5.41, 5.74) is 0.726. The fraction of sp³-hybridized carbons (Fsp3) is 0.650. The minimum atomic E-state index is -3.12. The molecule has 1 fully saturated rings. The molecular formula is C20H31NO4S. The van der Waals surface area contributed by atoms with Crippen molar-refractivity contribution >= 4 is 15.9 Å². The van der Waals surface area contributed by atoms with E-state index >= 15 is 0 Å². The molecule has 146 valence electrons. The van der Waals surface area contributed by atoms with E-state index < -0.39 is 15.4 Å². The van der Waals surface area contributed by atoms with Crippen molar-refractivity contribution in [3.8, 4) is 0 Å². The van der Waals surface area contributed by atoms with E-state index in [0.29, 0.717) is 10.8 Å². The third-order valence-electron chi connectivity index (χ3n) is 4.70. The summed E-state index contributed by atoms with van der Waals surface area (Å²) in [7, 11) is -3.12. The van der Waals surface area contributed by atoms with Gasteiger partial charge < -0.3 is 9.64 Å². The summed E-state index contributed by atoms with van der Waals surface area (Å²) in [6.45, 7) is 7.20. The van der Waals surface area contributed by atoms with Gasteiger partial charge in [0, 0.05) is 19.3 Å². The fourth-order valence-electron chi connectivity index (χ4n) is 3.23. The van der Waals surface area contributed by atoms with E-state index in [1.54, 1.807) is 12.1 Å². The minimum absolute atomic E-state index is 0.207. The lowest BCUT2D eigenvalue weighted by Gasteiger charge is -2.33. The molecule has 1 aliphatic heterocycles. The first kappa shape index (κ1) is 20.7. The summed E-state index contributed by atoms with van der Waals surface area (Å²) in [5.74, 6) is 0.643. The molecule has 0 N–H and O–H groups in total. The maximum atomic E-state index is 12.1. The van der Waals surface area contributed by atoms with Crippen molar-refractivity contribution in [1.29, 1.82) is 0 Å². The van der Waals surface area contributed by atoms with Gasteiger partial charge in [0.2, 0.25) is 0 Å². The Bertz CT molecular complexity index is 696. The molecular weight excluding hydrogens is 350 g/mol. The number of carbonyl (C=O) groups excluding carboxylic acids is 1. The second-order valence-corrected chi connectivity index (χ2v) is 10.2. The highest BCUT2D eigenvalue weighted by atomic mass is 32.2. The zero-order valence-corrected chi connectivity index (χ0v) is 17.1. The van der Waals surface area contributed by atoms with Crippen LogP contribution in [0.3, 0.4) is 0 Å². The number of sulfone groups is 1. The van der Waals surface area contributed by atoms with Crippen LogP contribution in [0.15, 0.2) is 29.2 Å². The van der Waals surface area contributed by atoms with Crippen molar-refractivity contribution in [1.82, 2.24) is 4.90 Å². The highest BCUT2D eigenvalue weighted by Crippen LogP contribution is 2.24. The van der Waals surface area contributed by atoms with E-state index in [1.807, 2.05) is 37.8 Å². The van der Waals surface area contributed by atoms with Gasteiger partial charge in [-0.2, -0.15) is 0 Å². The van der Waals surface area contributed by atoms with Crippen LogP contribution in [0, 0.1) is 5.92 Å². The number of rotatable bonds is 5. The molecule has 1 aromatic rings. The smallest absolute Gasteiger partial charge is 0.410 e. The molecule has 0 radical (unpaired) electrons. The van der Waals surface area contributed by atoms with E-state index in [4.69, 9.17) is 4.74 Å². The summed E-state index contributed by atoms with van der Waals surface area (Å²) < 4.78 is 28.4. The van der Waals surface area contributed by atoms with Crippen LogP contribution in [0.25, 0.3) is 0 Å². The molecule has 0 atom stereocenters. The number of amides is 1. The Balaban J connectivity index is 1.71. The molecule has 0 aromatic heterocycles. The molecule has 6 heteroatoms. The van der Waals surface area contributed by atoms with Crippen LogP contribution in [-0.4, -0.2) is 44.4 Å². The molecule has 26 heavy (non-hydrogen) atoms. The maximum absolute atomic E-state index is 12.1. The van der Waals surface area contributed by atoms with Gasteiger partial charge >= 0.3 is 6.09 Å². The third-order valence-corrected chi connectivity index (χ3v) is 5.82. The molecule has 2 rings (SSSR count). The van der Waals surface area contributed by atoms with Crippen LogP contribution < -0.4 is 0 Å². The molecule has 0 aliphatic carbocycles. The second-order valence-electron chi connectivity index (χ2n) is 8.22. The molecule has 0 spiro atoms. The van der Waals surface area contributed by atoms with E-state index in [0.717, 1.165) is 45.2 Å². The normalized spacial score (nSPS) is 16.5. The van der Waals surface area contributed by atoms with Crippen molar-refractivity contribution < 1.29 is 17.9 Å². The Kier molecular flexibility index (Phi) is 6.72. The van der Waals surface area contributed by atoms with E-state index in [2.05, 4.69) is 0 Å². The monoisotopic (exact) mass is 381 g/mol. The molecule has 1 aromatic carbocycles. The Labute approximate surface area is 157 Å². The molecule has 0 unspecified atom stereocenters. The number of aryl methyl sites for hydroxylation is 1. The number of hydrogen-bond acceptors (Lipinski definition) is 4. The summed E-state index contributed by atoms with van der Waals surface area (Å²) in [5, 5.41) is 0. The van der Waals surface area contributed by atoms with Gasteiger partial charge in [-0.1, -0.05) is 12.1 Å². The summed E-state index contributed by atoms with van der Waals surface area (Å²) >= 11 is 0. The van der Waals surface area contributed by atoms with Gasteiger partial charge in [-0.05, 0) is 76.5 Å². The van der Waals surface area contributed by atoms with Crippen molar-refractivity contribution in [2.24, 2.45) is 5.92 Å². The van der Waals surface area contributed by atoms with Crippen molar-refractivity contribution in [2.45, 2.75) is 63.4 Å². The van der Waals surface area contributed by atoms with Gasteiger partial charge in [0.15, 0.2) is 9.84 Å².